The maximum absolute atomic E-state index is 12.4. The molecule has 0 aliphatic rings. The number of aromatic nitrogens is 5. The molecule has 3 aromatic rings. The third-order valence-electron chi connectivity index (χ3n) is 3.18. The van der Waals surface area contributed by atoms with Gasteiger partial charge >= 0.3 is 0 Å². The third-order valence-corrected chi connectivity index (χ3v) is 4.00. The molecule has 1 N–H and O–H groups in total. The lowest BCUT2D eigenvalue weighted by molar-refractivity contribution is 0.0934. The number of nitrogens with zero attached hydrogens (tertiary/aromatic N) is 5. The highest BCUT2D eigenvalue weighted by molar-refractivity contribution is 7.08. The molecule has 3 rings (SSSR count). The SMILES string of the molecule is Cc1nnsc1C(=O)NC(Cn1nccn1)c1ccccc1. The molecule has 0 bridgehead atoms. The Labute approximate surface area is 131 Å². The van der Waals surface area contributed by atoms with Crippen LogP contribution in [0.3, 0.4) is 0 Å². The van der Waals surface area contributed by atoms with Crippen molar-refractivity contribution < 1.29 is 4.79 Å². The van der Waals surface area contributed by atoms with E-state index in [1.165, 1.54) is 0 Å². The average molecular weight is 314 g/mol. The minimum absolute atomic E-state index is 0.187. The molecule has 1 atom stereocenters. The smallest absolute Gasteiger partial charge is 0.265 e. The van der Waals surface area contributed by atoms with Crippen LogP contribution in [-0.4, -0.2) is 30.5 Å². The van der Waals surface area contributed by atoms with E-state index in [1.54, 1.807) is 24.1 Å². The van der Waals surface area contributed by atoms with Crippen LogP contribution in [0.25, 0.3) is 0 Å². The molecule has 8 heteroatoms. The number of nitrogens with one attached hydrogen (secondary N) is 1. The van der Waals surface area contributed by atoms with Crippen molar-refractivity contribution >= 4 is 17.4 Å². The molecule has 1 amide bonds. The van der Waals surface area contributed by atoms with Crippen molar-refractivity contribution in [3.63, 3.8) is 0 Å². The Morgan fingerprint density at radius 2 is 2.00 bits per heavy atom. The van der Waals surface area contributed by atoms with Crippen LogP contribution in [0.2, 0.25) is 0 Å². The molecule has 1 aromatic carbocycles. The summed E-state index contributed by atoms with van der Waals surface area (Å²) < 4.78 is 3.80. The van der Waals surface area contributed by atoms with E-state index in [9.17, 15) is 4.79 Å². The number of hydrogen-bond acceptors (Lipinski definition) is 6. The van der Waals surface area contributed by atoms with Gasteiger partial charge in [-0.15, -0.1) is 5.10 Å². The highest BCUT2D eigenvalue weighted by atomic mass is 32.1. The highest BCUT2D eigenvalue weighted by Gasteiger charge is 2.20. The van der Waals surface area contributed by atoms with Gasteiger partial charge in [0.2, 0.25) is 0 Å². The second kappa shape index (κ2) is 6.44. The van der Waals surface area contributed by atoms with E-state index in [1.807, 2.05) is 30.3 Å². The van der Waals surface area contributed by atoms with Crippen molar-refractivity contribution in [3.05, 3.63) is 58.9 Å². The Hall–Kier alpha value is -2.61. The van der Waals surface area contributed by atoms with Crippen LogP contribution in [0.1, 0.15) is 27.0 Å². The van der Waals surface area contributed by atoms with Crippen LogP contribution >= 0.6 is 11.5 Å². The maximum atomic E-state index is 12.4. The molecule has 2 aromatic heterocycles. The van der Waals surface area contributed by atoms with Gasteiger partial charge in [-0.2, -0.15) is 15.0 Å². The number of carbonyl (C=O) groups excluding carboxylic acids is 1. The Morgan fingerprint density at radius 1 is 1.27 bits per heavy atom. The van der Waals surface area contributed by atoms with Crippen molar-refractivity contribution in [3.8, 4) is 0 Å². The summed E-state index contributed by atoms with van der Waals surface area (Å²) in [4.78, 5) is 14.5. The molecular formula is C14H14N6OS. The number of rotatable bonds is 5. The summed E-state index contributed by atoms with van der Waals surface area (Å²) in [6, 6.07) is 9.50. The fraction of sp³-hybridized carbons (Fsp3) is 0.214. The molecule has 0 radical (unpaired) electrons. The van der Waals surface area contributed by atoms with Crippen molar-refractivity contribution in [2.45, 2.75) is 19.5 Å². The van der Waals surface area contributed by atoms with Crippen LogP contribution in [0, 0.1) is 6.92 Å². The molecule has 0 aliphatic heterocycles. The van der Waals surface area contributed by atoms with Crippen LogP contribution < -0.4 is 5.32 Å². The number of carbonyl (C=O) groups is 1. The molecule has 0 saturated heterocycles. The molecule has 0 spiro atoms. The van der Waals surface area contributed by atoms with Crippen molar-refractivity contribution in [2.75, 3.05) is 0 Å². The Kier molecular flexibility index (Phi) is 4.19. The van der Waals surface area contributed by atoms with Crippen LogP contribution in [-0.2, 0) is 6.54 Å². The summed E-state index contributed by atoms with van der Waals surface area (Å²) in [6.45, 7) is 2.22. The lowest BCUT2D eigenvalue weighted by atomic mass is 10.1. The lowest BCUT2D eigenvalue weighted by Crippen LogP contribution is -2.32. The average Bonchev–Trinajstić information content (AvgIpc) is 3.19. The predicted molar refractivity (Wildman–Crippen MR) is 81.3 cm³/mol. The standard InChI is InChI=1S/C14H14N6OS/c1-10-13(22-19-18-10)14(21)17-12(9-20-15-7-8-16-20)11-5-3-2-4-6-11/h2-8,12H,9H2,1H3,(H,17,21). The van der Waals surface area contributed by atoms with Gasteiger partial charge in [-0.05, 0) is 24.0 Å². The first kappa shape index (κ1) is 14.3. The maximum Gasteiger partial charge on any atom is 0.265 e. The van der Waals surface area contributed by atoms with Gasteiger partial charge in [0.05, 0.1) is 30.7 Å². The second-order valence-corrected chi connectivity index (χ2v) is 5.46. The van der Waals surface area contributed by atoms with Crippen molar-refractivity contribution in [1.82, 2.24) is 29.9 Å². The second-order valence-electron chi connectivity index (χ2n) is 4.71. The minimum atomic E-state index is -0.234. The van der Waals surface area contributed by atoms with E-state index >= 15 is 0 Å². The van der Waals surface area contributed by atoms with E-state index in [2.05, 4.69) is 25.1 Å². The number of aryl methyl sites for hydroxylation is 1. The van der Waals surface area contributed by atoms with Crippen molar-refractivity contribution in [2.24, 2.45) is 0 Å². The molecule has 0 aliphatic carbocycles. The van der Waals surface area contributed by atoms with Crippen LogP contribution in [0.15, 0.2) is 42.7 Å². The van der Waals surface area contributed by atoms with Gasteiger partial charge in [0, 0.05) is 0 Å². The van der Waals surface area contributed by atoms with E-state index in [4.69, 9.17) is 0 Å². The largest absolute Gasteiger partial charge is 0.342 e. The summed E-state index contributed by atoms with van der Waals surface area (Å²) in [6.07, 6.45) is 3.22. The lowest BCUT2D eigenvalue weighted by Gasteiger charge is -2.18. The Morgan fingerprint density at radius 3 is 2.64 bits per heavy atom. The number of hydrogen-bond donors (Lipinski definition) is 1. The van der Waals surface area contributed by atoms with Crippen LogP contribution in [0.5, 0.6) is 0 Å². The molecular weight excluding hydrogens is 300 g/mol. The van der Waals surface area contributed by atoms with Crippen molar-refractivity contribution in [1.29, 1.82) is 0 Å². The monoisotopic (exact) mass is 314 g/mol. The molecule has 112 valence electrons. The van der Waals surface area contributed by atoms with Gasteiger partial charge < -0.3 is 5.32 Å². The summed E-state index contributed by atoms with van der Waals surface area (Å²) in [5.41, 5.74) is 1.62. The van der Waals surface area contributed by atoms with Gasteiger partial charge in [-0.3, -0.25) is 4.79 Å². The number of benzene rings is 1. The summed E-state index contributed by atoms with van der Waals surface area (Å²) in [5.74, 6) is -0.187. The summed E-state index contributed by atoms with van der Waals surface area (Å²) in [5, 5.41) is 15.1. The molecule has 0 saturated carbocycles. The number of amides is 1. The summed E-state index contributed by atoms with van der Waals surface area (Å²) >= 11 is 1.09. The zero-order valence-corrected chi connectivity index (χ0v) is 12.7. The van der Waals surface area contributed by atoms with E-state index in [-0.39, 0.29) is 11.9 Å². The van der Waals surface area contributed by atoms with Gasteiger partial charge in [-0.1, -0.05) is 34.8 Å². The molecule has 2 heterocycles. The fourth-order valence-electron chi connectivity index (χ4n) is 2.08. The Bertz CT molecular complexity index is 740. The first-order valence-electron chi connectivity index (χ1n) is 6.73. The highest BCUT2D eigenvalue weighted by Crippen LogP contribution is 2.17. The minimum Gasteiger partial charge on any atom is -0.342 e. The van der Waals surface area contributed by atoms with E-state index < -0.39 is 0 Å². The first-order chi connectivity index (χ1) is 10.7. The van der Waals surface area contributed by atoms with Gasteiger partial charge in [0.1, 0.15) is 4.88 Å². The zero-order valence-electron chi connectivity index (χ0n) is 11.9. The normalized spacial score (nSPS) is 12.0. The molecule has 22 heavy (non-hydrogen) atoms. The first-order valence-corrected chi connectivity index (χ1v) is 7.50. The predicted octanol–water partition coefficient (Wildman–Crippen LogP) is 1.61. The van der Waals surface area contributed by atoms with E-state index in [0.717, 1.165) is 17.1 Å². The van der Waals surface area contributed by atoms with Crippen LogP contribution in [0.4, 0.5) is 0 Å². The Balaban J connectivity index is 1.82. The molecule has 0 fully saturated rings. The molecule has 7 nitrogen and oxygen atoms in total. The summed E-state index contributed by atoms with van der Waals surface area (Å²) in [7, 11) is 0. The quantitative estimate of drug-likeness (QED) is 0.773. The van der Waals surface area contributed by atoms with E-state index in [0.29, 0.717) is 17.1 Å². The van der Waals surface area contributed by atoms with Gasteiger partial charge in [0.25, 0.3) is 5.91 Å². The molecule has 1 unspecified atom stereocenters. The zero-order chi connectivity index (χ0) is 15.4. The fourth-order valence-corrected chi connectivity index (χ4v) is 2.64. The van der Waals surface area contributed by atoms with Gasteiger partial charge in [0.15, 0.2) is 0 Å². The topological polar surface area (TPSA) is 85.6 Å². The van der Waals surface area contributed by atoms with Gasteiger partial charge in [-0.25, -0.2) is 0 Å². The third kappa shape index (κ3) is 3.17.